The highest BCUT2D eigenvalue weighted by Gasteiger charge is 2.16. The summed E-state index contributed by atoms with van der Waals surface area (Å²) >= 11 is 0. The van der Waals surface area contributed by atoms with Crippen molar-refractivity contribution < 1.29 is 13.6 Å². The van der Waals surface area contributed by atoms with Gasteiger partial charge in [-0.05, 0) is 48.5 Å². The molecule has 162 valence electrons. The summed E-state index contributed by atoms with van der Waals surface area (Å²) in [6.07, 6.45) is 4.66. The van der Waals surface area contributed by atoms with Crippen molar-refractivity contribution in [1.29, 1.82) is 0 Å². The molecule has 0 atom stereocenters. The minimum absolute atomic E-state index is 0.163. The minimum Gasteiger partial charge on any atom is -0.371 e. The molecule has 6 nitrogen and oxygen atoms in total. The molecule has 1 aliphatic rings. The van der Waals surface area contributed by atoms with Crippen LogP contribution in [0.15, 0.2) is 60.9 Å². The molecule has 0 radical (unpaired) electrons. The molecule has 0 bridgehead atoms. The van der Waals surface area contributed by atoms with Gasteiger partial charge in [-0.1, -0.05) is 0 Å². The molecule has 2 aromatic carbocycles. The zero-order valence-electron chi connectivity index (χ0n) is 17.3. The number of Topliss-reactive ketones (excluding diaryl/α,β-unsaturated/α-hetero) is 1. The topological polar surface area (TPSA) is 63.1 Å². The number of aromatic nitrogens is 3. The fourth-order valence-electron chi connectivity index (χ4n) is 3.91. The van der Waals surface area contributed by atoms with Crippen LogP contribution in [0.25, 0.3) is 11.0 Å². The normalized spacial score (nSPS) is 14.2. The van der Waals surface area contributed by atoms with Crippen LogP contribution >= 0.6 is 0 Å². The fourth-order valence-corrected chi connectivity index (χ4v) is 3.91. The van der Waals surface area contributed by atoms with Crippen molar-refractivity contribution in [2.24, 2.45) is 0 Å². The van der Waals surface area contributed by atoms with Gasteiger partial charge in [0, 0.05) is 60.6 Å². The summed E-state index contributed by atoms with van der Waals surface area (Å²) in [5.74, 6) is -0.210. The van der Waals surface area contributed by atoms with E-state index in [-0.39, 0.29) is 12.1 Å². The number of anilines is 3. The third-order valence-electron chi connectivity index (χ3n) is 5.66. The fraction of sp³-hybridized carbons (Fsp3) is 0.208. The zero-order valence-corrected chi connectivity index (χ0v) is 17.3. The van der Waals surface area contributed by atoms with E-state index in [1.807, 2.05) is 30.3 Å². The van der Waals surface area contributed by atoms with Crippen LogP contribution in [0.2, 0.25) is 0 Å². The lowest BCUT2D eigenvalue weighted by Crippen LogP contribution is -2.33. The molecule has 3 heterocycles. The van der Waals surface area contributed by atoms with Crippen molar-refractivity contribution in [2.75, 3.05) is 23.3 Å². The Morgan fingerprint density at radius 1 is 1.00 bits per heavy atom. The molecule has 8 heteroatoms. The number of carbonyl (C=O) groups is 1. The van der Waals surface area contributed by atoms with E-state index < -0.39 is 11.6 Å². The van der Waals surface area contributed by atoms with Gasteiger partial charge in [0.2, 0.25) is 5.95 Å². The average Bonchev–Trinajstić information content (AvgIpc) is 3.19. The summed E-state index contributed by atoms with van der Waals surface area (Å²) in [5.41, 5.74) is 2.78. The van der Waals surface area contributed by atoms with Crippen LogP contribution in [0, 0.1) is 11.6 Å². The molecule has 1 fully saturated rings. The Kier molecular flexibility index (Phi) is 5.26. The molecule has 5 rings (SSSR count). The summed E-state index contributed by atoms with van der Waals surface area (Å²) in [5, 5.41) is 4.00. The standard InChI is InChI=1S/C24H21F2N5O/c25-18-1-6-22(26)17(13-18)15-31-10-7-16-14-27-24(29-23(16)31)28-19-2-4-20(5-3-19)30-11-8-21(32)9-12-30/h1-7,10,13-14H,8-9,11-12,15H2,(H,27,28,29). The summed E-state index contributed by atoms with van der Waals surface area (Å²) in [4.78, 5) is 22.6. The van der Waals surface area contributed by atoms with Crippen LogP contribution in [-0.2, 0) is 11.3 Å². The van der Waals surface area contributed by atoms with Gasteiger partial charge in [0.15, 0.2) is 0 Å². The van der Waals surface area contributed by atoms with Crippen LogP contribution in [0.1, 0.15) is 18.4 Å². The van der Waals surface area contributed by atoms with Crippen molar-refractivity contribution in [3.05, 3.63) is 78.1 Å². The first-order valence-corrected chi connectivity index (χ1v) is 10.4. The van der Waals surface area contributed by atoms with Gasteiger partial charge in [0.1, 0.15) is 23.1 Å². The van der Waals surface area contributed by atoms with Gasteiger partial charge in [-0.2, -0.15) is 4.98 Å². The molecule has 0 unspecified atom stereocenters. The Bertz CT molecular complexity index is 1280. The van der Waals surface area contributed by atoms with Crippen LogP contribution in [0.4, 0.5) is 26.1 Å². The van der Waals surface area contributed by atoms with Gasteiger partial charge in [-0.25, -0.2) is 13.8 Å². The molecule has 1 N–H and O–H groups in total. The second kappa shape index (κ2) is 8.37. The van der Waals surface area contributed by atoms with E-state index in [4.69, 9.17) is 0 Å². The Balaban J connectivity index is 1.34. The number of rotatable bonds is 5. The maximum absolute atomic E-state index is 14.1. The van der Waals surface area contributed by atoms with E-state index in [0.29, 0.717) is 30.2 Å². The van der Waals surface area contributed by atoms with Crippen molar-refractivity contribution in [3.8, 4) is 0 Å². The van der Waals surface area contributed by atoms with E-state index in [9.17, 15) is 13.6 Å². The minimum atomic E-state index is -0.477. The smallest absolute Gasteiger partial charge is 0.229 e. The number of nitrogens with one attached hydrogen (secondary N) is 1. The van der Waals surface area contributed by atoms with Crippen LogP contribution in [-0.4, -0.2) is 33.4 Å². The highest BCUT2D eigenvalue weighted by atomic mass is 19.1. The first-order chi connectivity index (χ1) is 15.5. The Morgan fingerprint density at radius 2 is 1.78 bits per heavy atom. The molecule has 1 aliphatic heterocycles. The number of carbonyl (C=O) groups excluding carboxylic acids is 1. The molecule has 32 heavy (non-hydrogen) atoms. The Morgan fingerprint density at radius 3 is 2.56 bits per heavy atom. The third-order valence-corrected chi connectivity index (χ3v) is 5.66. The second-order valence-electron chi connectivity index (χ2n) is 7.85. The lowest BCUT2D eigenvalue weighted by atomic mass is 10.1. The van der Waals surface area contributed by atoms with E-state index in [2.05, 4.69) is 20.2 Å². The number of benzene rings is 2. The van der Waals surface area contributed by atoms with Gasteiger partial charge >= 0.3 is 0 Å². The molecule has 2 aromatic heterocycles. The molecule has 1 saturated heterocycles. The molecule has 0 spiro atoms. The summed E-state index contributed by atoms with van der Waals surface area (Å²) in [7, 11) is 0. The first kappa shape index (κ1) is 20.1. The average molecular weight is 433 g/mol. The SMILES string of the molecule is O=C1CCN(c2ccc(Nc3ncc4ccn(Cc5cc(F)ccc5F)c4n3)cc2)CC1. The van der Waals surface area contributed by atoms with Crippen molar-refractivity contribution in [1.82, 2.24) is 14.5 Å². The molecular weight excluding hydrogens is 412 g/mol. The van der Waals surface area contributed by atoms with Crippen molar-refractivity contribution in [2.45, 2.75) is 19.4 Å². The Labute approximate surface area is 183 Å². The summed E-state index contributed by atoms with van der Waals surface area (Å²) in [6, 6.07) is 13.2. The number of halogens is 2. The molecule has 4 aromatic rings. The first-order valence-electron chi connectivity index (χ1n) is 10.4. The van der Waals surface area contributed by atoms with Gasteiger partial charge in [-0.15, -0.1) is 0 Å². The summed E-state index contributed by atoms with van der Waals surface area (Å²) < 4.78 is 29.4. The van der Waals surface area contributed by atoms with E-state index in [1.54, 1.807) is 17.0 Å². The quantitative estimate of drug-likeness (QED) is 0.496. The number of piperidine rings is 1. The lowest BCUT2D eigenvalue weighted by Gasteiger charge is -2.28. The van der Waals surface area contributed by atoms with E-state index >= 15 is 0 Å². The molecule has 0 aliphatic carbocycles. The van der Waals surface area contributed by atoms with Gasteiger partial charge in [0.05, 0.1) is 6.54 Å². The van der Waals surface area contributed by atoms with Gasteiger partial charge < -0.3 is 14.8 Å². The highest BCUT2D eigenvalue weighted by Crippen LogP contribution is 2.23. The number of hydrogen-bond donors (Lipinski definition) is 1. The second-order valence-corrected chi connectivity index (χ2v) is 7.85. The molecule has 0 saturated carbocycles. The van der Waals surface area contributed by atoms with Crippen LogP contribution in [0.5, 0.6) is 0 Å². The largest absolute Gasteiger partial charge is 0.371 e. The van der Waals surface area contributed by atoms with Crippen molar-refractivity contribution >= 4 is 34.1 Å². The Hall–Kier alpha value is -3.81. The number of hydrogen-bond acceptors (Lipinski definition) is 5. The highest BCUT2D eigenvalue weighted by molar-refractivity contribution is 5.81. The lowest BCUT2D eigenvalue weighted by molar-refractivity contribution is -0.119. The third kappa shape index (κ3) is 4.16. The monoisotopic (exact) mass is 433 g/mol. The maximum Gasteiger partial charge on any atom is 0.229 e. The molecular formula is C24H21F2N5O. The number of nitrogens with zero attached hydrogens (tertiary/aromatic N) is 4. The van der Waals surface area contributed by atoms with Gasteiger partial charge in [-0.3, -0.25) is 4.79 Å². The predicted molar refractivity (Wildman–Crippen MR) is 119 cm³/mol. The number of fused-ring (bicyclic) bond motifs is 1. The zero-order chi connectivity index (χ0) is 22.1. The number of ketones is 1. The molecule has 0 amide bonds. The summed E-state index contributed by atoms with van der Waals surface area (Å²) in [6.45, 7) is 1.65. The van der Waals surface area contributed by atoms with E-state index in [0.717, 1.165) is 42.0 Å². The van der Waals surface area contributed by atoms with Crippen LogP contribution in [0.3, 0.4) is 0 Å². The van der Waals surface area contributed by atoms with Gasteiger partial charge in [0.25, 0.3) is 0 Å². The predicted octanol–water partition coefficient (Wildman–Crippen LogP) is 4.67. The van der Waals surface area contributed by atoms with Crippen molar-refractivity contribution in [3.63, 3.8) is 0 Å². The van der Waals surface area contributed by atoms with E-state index in [1.165, 1.54) is 6.07 Å². The maximum atomic E-state index is 14.1. The van der Waals surface area contributed by atoms with Crippen LogP contribution < -0.4 is 10.2 Å².